The summed E-state index contributed by atoms with van der Waals surface area (Å²) in [5, 5.41) is 11.8. The van der Waals surface area contributed by atoms with Gasteiger partial charge in [-0.1, -0.05) is 6.07 Å². The molecule has 0 spiro atoms. The van der Waals surface area contributed by atoms with Crippen LogP contribution in [0.4, 0.5) is 15.8 Å². The van der Waals surface area contributed by atoms with E-state index in [-0.39, 0.29) is 17.8 Å². The van der Waals surface area contributed by atoms with E-state index in [2.05, 4.69) is 16.3 Å². The number of nitriles is 1. The van der Waals surface area contributed by atoms with Crippen LogP contribution in [-0.2, 0) is 4.79 Å². The van der Waals surface area contributed by atoms with Gasteiger partial charge in [0.1, 0.15) is 5.82 Å². The lowest BCUT2D eigenvalue weighted by Crippen LogP contribution is -3.19. The maximum Gasteiger partial charge on any atom is 0.282 e. The van der Waals surface area contributed by atoms with Crippen LogP contribution < -0.4 is 15.1 Å². The first kappa shape index (κ1) is 17.9. The van der Waals surface area contributed by atoms with Gasteiger partial charge in [0.2, 0.25) is 0 Å². The van der Waals surface area contributed by atoms with E-state index in [0.717, 1.165) is 31.9 Å². The van der Waals surface area contributed by atoms with E-state index in [1.807, 2.05) is 6.92 Å². The van der Waals surface area contributed by atoms with Gasteiger partial charge in [0.15, 0.2) is 6.04 Å². The van der Waals surface area contributed by atoms with Crippen molar-refractivity contribution in [3.05, 3.63) is 59.9 Å². The summed E-state index contributed by atoms with van der Waals surface area (Å²) in [5.74, 6) is -0.283. The zero-order valence-corrected chi connectivity index (χ0v) is 14.7. The van der Waals surface area contributed by atoms with Gasteiger partial charge in [0.05, 0.1) is 37.8 Å². The second-order valence-corrected chi connectivity index (χ2v) is 6.53. The fraction of sp³-hybridized carbons (Fsp3) is 0.300. The third-order valence-electron chi connectivity index (χ3n) is 4.86. The highest BCUT2D eigenvalue weighted by molar-refractivity contribution is 5.93. The number of nitrogens with zero attached hydrogens (tertiary/aromatic N) is 2. The Hall–Kier alpha value is -2.91. The largest absolute Gasteiger partial charge is 0.360 e. The second kappa shape index (κ2) is 7.98. The van der Waals surface area contributed by atoms with Crippen molar-refractivity contribution in [1.29, 1.82) is 5.26 Å². The topological polar surface area (TPSA) is 60.6 Å². The Kier molecular flexibility index (Phi) is 5.49. The molecule has 1 saturated heterocycles. The number of quaternary nitrogens is 1. The van der Waals surface area contributed by atoms with Gasteiger partial charge in [-0.3, -0.25) is 4.79 Å². The molecule has 1 amide bonds. The summed E-state index contributed by atoms with van der Waals surface area (Å²) in [6.45, 7) is 5.24. The molecule has 6 heteroatoms. The maximum absolute atomic E-state index is 13.1. The van der Waals surface area contributed by atoms with Gasteiger partial charge < -0.3 is 15.1 Å². The number of rotatable bonds is 4. The highest BCUT2D eigenvalue weighted by Crippen LogP contribution is 2.14. The fourth-order valence-electron chi connectivity index (χ4n) is 3.24. The number of benzene rings is 2. The number of piperazine rings is 1. The highest BCUT2D eigenvalue weighted by Gasteiger charge is 2.29. The van der Waals surface area contributed by atoms with E-state index in [1.165, 1.54) is 17.0 Å². The predicted molar refractivity (Wildman–Crippen MR) is 98.6 cm³/mol. The zero-order chi connectivity index (χ0) is 18.5. The lowest BCUT2D eigenvalue weighted by molar-refractivity contribution is -0.914. The molecular weight excluding hydrogens is 331 g/mol. The molecule has 1 fully saturated rings. The average molecular weight is 353 g/mol. The van der Waals surface area contributed by atoms with Crippen LogP contribution in [0.15, 0.2) is 48.5 Å². The normalized spacial score (nSPS) is 16.0. The molecular formula is C20H22FN4O+. The lowest BCUT2D eigenvalue weighted by Gasteiger charge is -2.36. The Morgan fingerprint density at radius 3 is 2.58 bits per heavy atom. The Bertz CT molecular complexity index is 807. The van der Waals surface area contributed by atoms with Crippen LogP contribution in [-0.4, -0.2) is 38.1 Å². The first-order valence-corrected chi connectivity index (χ1v) is 8.73. The van der Waals surface area contributed by atoms with Crippen molar-refractivity contribution in [3.63, 3.8) is 0 Å². The molecule has 2 aromatic carbocycles. The average Bonchev–Trinajstić information content (AvgIpc) is 2.68. The molecule has 26 heavy (non-hydrogen) atoms. The third-order valence-corrected chi connectivity index (χ3v) is 4.86. The van der Waals surface area contributed by atoms with Crippen LogP contribution in [0, 0.1) is 17.1 Å². The number of anilines is 2. The first-order valence-electron chi connectivity index (χ1n) is 8.73. The summed E-state index contributed by atoms with van der Waals surface area (Å²) in [6.07, 6.45) is 0. The molecule has 1 aliphatic heterocycles. The minimum absolute atomic E-state index is 0.0506. The van der Waals surface area contributed by atoms with Crippen molar-refractivity contribution in [2.45, 2.75) is 13.0 Å². The zero-order valence-electron chi connectivity index (χ0n) is 14.7. The first-order chi connectivity index (χ1) is 12.6. The molecule has 1 atom stereocenters. The summed E-state index contributed by atoms with van der Waals surface area (Å²) in [4.78, 5) is 16.0. The van der Waals surface area contributed by atoms with Crippen molar-refractivity contribution in [1.82, 2.24) is 0 Å². The van der Waals surface area contributed by atoms with Crippen LogP contribution in [0.3, 0.4) is 0 Å². The molecule has 2 aromatic rings. The standard InChI is InChI=1S/C20H21FN4O/c1-15(20(26)23-18-4-2-3-16(13-18)14-22)24-9-11-25(12-10-24)19-7-5-17(21)6-8-19/h2-8,13,15H,9-12H2,1H3,(H,23,26)/p+1/t15-/m0/s1. The number of nitrogens with one attached hydrogen (secondary N) is 2. The monoisotopic (exact) mass is 353 g/mol. The highest BCUT2D eigenvalue weighted by atomic mass is 19.1. The minimum atomic E-state index is -0.233. The fourth-order valence-corrected chi connectivity index (χ4v) is 3.24. The maximum atomic E-state index is 13.1. The van der Waals surface area contributed by atoms with E-state index in [4.69, 9.17) is 5.26 Å². The van der Waals surface area contributed by atoms with Crippen molar-refractivity contribution in [2.75, 3.05) is 36.4 Å². The van der Waals surface area contributed by atoms with Gasteiger partial charge >= 0.3 is 0 Å². The van der Waals surface area contributed by atoms with Gasteiger partial charge in [-0.05, 0) is 49.4 Å². The van der Waals surface area contributed by atoms with Crippen LogP contribution >= 0.6 is 0 Å². The van der Waals surface area contributed by atoms with E-state index >= 15 is 0 Å². The number of halogens is 1. The molecule has 0 bridgehead atoms. The van der Waals surface area contributed by atoms with Crippen molar-refractivity contribution < 1.29 is 14.1 Å². The van der Waals surface area contributed by atoms with Crippen LogP contribution in [0.25, 0.3) is 0 Å². The summed E-state index contributed by atoms with van der Waals surface area (Å²) in [6, 6.07) is 15.3. The Balaban J connectivity index is 1.55. The molecule has 2 N–H and O–H groups in total. The Labute approximate surface area is 152 Å². The van der Waals surface area contributed by atoms with E-state index in [9.17, 15) is 9.18 Å². The molecule has 1 aliphatic rings. The Morgan fingerprint density at radius 1 is 1.23 bits per heavy atom. The summed E-state index contributed by atoms with van der Waals surface area (Å²) in [7, 11) is 0. The van der Waals surface area contributed by atoms with Gasteiger partial charge in [-0.25, -0.2) is 4.39 Å². The van der Waals surface area contributed by atoms with Gasteiger partial charge in [-0.2, -0.15) is 5.26 Å². The molecule has 1 heterocycles. The number of amides is 1. The summed E-state index contributed by atoms with van der Waals surface area (Å²) < 4.78 is 13.1. The molecule has 0 radical (unpaired) electrons. The molecule has 0 aromatic heterocycles. The van der Waals surface area contributed by atoms with Crippen molar-refractivity contribution >= 4 is 17.3 Å². The third kappa shape index (κ3) is 4.19. The molecule has 5 nitrogen and oxygen atoms in total. The number of hydrogen-bond donors (Lipinski definition) is 2. The van der Waals surface area contributed by atoms with Crippen LogP contribution in [0.2, 0.25) is 0 Å². The van der Waals surface area contributed by atoms with Crippen molar-refractivity contribution in [3.8, 4) is 6.07 Å². The lowest BCUT2D eigenvalue weighted by atomic mass is 10.1. The predicted octanol–water partition coefficient (Wildman–Crippen LogP) is 1.43. The number of hydrogen-bond acceptors (Lipinski definition) is 3. The summed E-state index contributed by atoms with van der Waals surface area (Å²) in [5.41, 5.74) is 2.18. The second-order valence-electron chi connectivity index (χ2n) is 6.53. The van der Waals surface area contributed by atoms with E-state index < -0.39 is 0 Å². The molecule has 0 saturated carbocycles. The number of carbonyl (C=O) groups excluding carboxylic acids is 1. The Morgan fingerprint density at radius 2 is 1.92 bits per heavy atom. The number of carbonyl (C=O) groups is 1. The molecule has 134 valence electrons. The molecule has 0 aliphatic carbocycles. The van der Waals surface area contributed by atoms with Crippen molar-refractivity contribution in [2.24, 2.45) is 0 Å². The van der Waals surface area contributed by atoms with Gasteiger partial charge in [0.25, 0.3) is 5.91 Å². The molecule has 3 rings (SSSR count). The SMILES string of the molecule is C[C@@H](C(=O)Nc1cccc(C#N)c1)[NH+]1CCN(c2ccc(F)cc2)CC1. The van der Waals surface area contributed by atoms with Crippen LogP contribution in [0.5, 0.6) is 0 Å². The van der Waals surface area contributed by atoms with Gasteiger partial charge in [0, 0.05) is 11.4 Å². The summed E-state index contributed by atoms with van der Waals surface area (Å²) >= 11 is 0. The quantitative estimate of drug-likeness (QED) is 0.874. The smallest absolute Gasteiger partial charge is 0.282 e. The van der Waals surface area contributed by atoms with E-state index in [1.54, 1.807) is 36.4 Å². The molecule has 0 unspecified atom stereocenters. The van der Waals surface area contributed by atoms with Gasteiger partial charge in [-0.15, -0.1) is 0 Å². The van der Waals surface area contributed by atoms with Crippen LogP contribution in [0.1, 0.15) is 12.5 Å². The minimum Gasteiger partial charge on any atom is -0.360 e. The van der Waals surface area contributed by atoms with E-state index in [0.29, 0.717) is 11.3 Å².